The fourth-order valence-electron chi connectivity index (χ4n) is 1.94. The lowest BCUT2D eigenvalue weighted by atomic mass is 10.1. The molecule has 0 atom stereocenters. The number of hydrogen-bond acceptors (Lipinski definition) is 4. The average molecular weight is 460 g/mol. The summed E-state index contributed by atoms with van der Waals surface area (Å²) < 4.78 is 0.884. The highest BCUT2D eigenvalue weighted by Crippen LogP contribution is 2.13. The maximum atomic E-state index is 11.7. The van der Waals surface area contributed by atoms with Gasteiger partial charge in [0.15, 0.2) is 5.82 Å². The highest BCUT2D eigenvalue weighted by atomic mass is 79.9. The number of hydrogen-bond donors (Lipinski definition) is 2. The summed E-state index contributed by atoms with van der Waals surface area (Å²) in [5.41, 5.74) is 1.16. The van der Waals surface area contributed by atoms with Crippen molar-refractivity contribution in [1.29, 1.82) is 0 Å². The largest absolute Gasteiger partial charge is 0.351 e. The van der Waals surface area contributed by atoms with Crippen LogP contribution in [0.1, 0.15) is 26.5 Å². The zero-order valence-corrected chi connectivity index (χ0v) is 16.9. The van der Waals surface area contributed by atoms with Gasteiger partial charge < -0.3 is 9.97 Å². The van der Waals surface area contributed by atoms with Gasteiger partial charge in [-0.1, -0.05) is 58.4 Å². The summed E-state index contributed by atoms with van der Waals surface area (Å²) in [5, 5.41) is -0.407. The minimum atomic E-state index is -0.407. The Hall–Kier alpha value is -3.03. The highest BCUT2D eigenvalue weighted by molar-refractivity contribution is 9.10. The molecule has 0 amide bonds. The van der Waals surface area contributed by atoms with Gasteiger partial charge in [0.2, 0.25) is 5.78 Å². The Morgan fingerprint density at radius 3 is 2.14 bits per heavy atom. The number of halogens is 2. The summed E-state index contributed by atoms with van der Waals surface area (Å²) in [6.45, 7) is 0. The van der Waals surface area contributed by atoms with E-state index in [2.05, 4.69) is 35.9 Å². The van der Waals surface area contributed by atoms with E-state index in [9.17, 15) is 9.59 Å². The molecule has 0 radical (unpaired) electrons. The van der Waals surface area contributed by atoms with Crippen molar-refractivity contribution in [3.63, 3.8) is 0 Å². The summed E-state index contributed by atoms with van der Waals surface area (Å²) >= 11 is 8.48. The quantitative estimate of drug-likeness (QED) is 0.337. The second kappa shape index (κ2) is 11.6. The van der Waals surface area contributed by atoms with Crippen molar-refractivity contribution in [2.24, 2.45) is 0 Å². The van der Waals surface area contributed by atoms with Crippen LogP contribution in [0.25, 0.3) is 0 Å². The molecule has 0 spiro atoms. The SMILES string of the molecule is O=C(Cl)c1ccccc1.O=C(c1cccc(Br)c1)c1ncc[nH]1.c1c[nH]cn1. The molecular formula is C20H16BrClN4O2. The van der Waals surface area contributed by atoms with Crippen LogP contribution < -0.4 is 0 Å². The zero-order chi connectivity index (χ0) is 20.2. The van der Waals surface area contributed by atoms with Gasteiger partial charge in [0.1, 0.15) is 0 Å². The molecule has 142 valence electrons. The molecule has 2 aromatic carbocycles. The number of nitrogens with one attached hydrogen (secondary N) is 2. The lowest BCUT2D eigenvalue weighted by molar-refractivity contribution is 0.102. The predicted octanol–water partition coefficient (Wildman–Crippen LogP) is 4.88. The standard InChI is InChI=1S/C10H7BrN2O.C7H5ClO.C3H4N2/c11-8-3-1-2-7(6-8)9(14)10-12-4-5-13-10;8-7(9)6-4-2-1-3-5-6;1-2-5-3-4-1/h1-6H,(H,12,13);1-5H;1-3H,(H,4,5). The minimum Gasteiger partial charge on any atom is -0.351 e. The Bertz CT molecular complexity index is 957. The Labute approximate surface area is 175 Å². The lowest BCUT2D eigenvalue weighted by Crippen LogP contribution is -2.03. The topological polar surface area (TPSA) is 91.5 Å². The molecule has 8 heteroatoms. The van der Waals surface area contributed by atoms with Crippen LogP contribution >= 0.6 is 27.5 Å². The molecule has 4 aromatic rings. The van der Waals surface area contributed by atoms with Gasteiger partial charge in [-0.3, -0.25) is 9.59 Å². The van der Waals surface area contributed by atoms with Gasteiger partial charge >= 0.3 is 0 Å². The third-order valence-electron chi connectivity index (χ3n) is 3.21. The van der Waals surface area contributed by atoms with E-state index in [1.807, 2.05) is 18.2 Å². The second-order valence-corrected chi connectivity index (χ2v) is 6.44. The number of ketones is 1. The number of carbonyl (C=O) groups excluding carboxylic acids is 2. The summed E-state index contributed by atoms with van der Waals surface area (Å²) in [7, 11) is 0. The Morgan fingerprint density at radius 2 is 1.68 bits per heavy atom. The second-order valence-electron chi connectivity index (χ2n) is 5.18. The molecule has 0 aliphatic rings. The van der Waals surface area contributed by atoms with Crippen molar-refractivity contribution in [1.82, 2.24) is 19.9 Å². The van der Waals surface area contributed by atoms with E-state index >= 15 is 0 Å². The van der Waals surface area contributed by atoms with Crippen molar-refractivity contribution >= 4 is 38.6 Å². The minimum absolute atomic E-state index is 0.101. The molecule has 0 saturated carbocycles. The van der Waals surface area contributed by atoms with Crippen molar-refractivity contribution in [3.8, 4) is 0 Å². The van der Waals surface area contributed by atoms with E-state index in [1.165, 1.54) is 0 Å². The van der Waals surface area contributed by atoms with E-state index < -0.39 is 5.24 Å². The molecule has 2 aromatic heterocycles. The Morgan fingerprint density at radius 1 is 0.929 bits per heavy atom. The summed E-state index contributed by atoms with van der Waals surface area (Å²) in [6, 6.07) is 16.0. The molecule has 0 saturated heterocycles. The van der Waals surface area contributed by atoms with Crippen LogP contribution in [0.2, 0.25) is 0 Å². The molecule has 28 heavy (non-hydrogen) atoms. The highest BCUT2D eigenvalue weighted by Gasteiger charge is 2.10. The first-order valence-electron chi connectivity index (χ1n) is 8.05. The Balaban J connectivity index is 0.000000170. The predicted molar refractivity (Wildman–Crippen MR) is 111 cm³/mol. The number of carbonyl (C=O) groups is 2. The van der Waals surface area contributed by atoms with Crippen LogP contribution in [-0.4, -0.2) is 31.0 Å². The summed E-state index contributed by atoms with van der Waals surface area (Å²) in [4.78, 5) is 35.3. The van der Waals surface area contributed by atoms with Crippen molar-refractivity contribution in [2.45, 2.75) is 0 Å². The Kier molecular flexibility index (Phi) is 8.84. The van der Waals surface area contributed by atoms with Gasteiger partial charge in [-0.2, -0.15) is 0 Å². The zero-order valence-electron chi connectivity index (χ0n) is 14.5. The molecule has 4 rings (SSSR count). The average Bonchev–Trinajstić information content (AvgIpc) is 3.45. The fourth-order valence-corrected chi connectivity index (χ4v) is 2.47. The molecule has 0 aliphatic heterocycles. The first-order valence-corrected chi connectivity index (χ1v) is 9.22. The molecule has 2 heterocycles. The van der Waals surface area contributed by atoms with Gasteiger partial charge in [0.25, 0.3) is 5.24 Å². The van der Waals surface area contributed by atoms with Crippen LogP contribution in [0.3, 0.4) is 0 Å². The molecular weight excluding hydrogens is 444 g/mol. The smallest absolute Gasteiger partial charge is 0.252 e. The number of nitrogens with zero attached hydrogens (tertiary/aromatic N) is 2. The van der Waals surface area contributed by atoms with E-state index in [4.69, 9.17) is 11.6 Å². The van der Waals surface area contributed by atoms with Gasteiger partial charge in [-0.25, -0.2) is 9.97 Å². The van der Waals surface area contributed by atoms with E-state index in [-0.39, 0.29) is 5.78 Å². The molecule has 2 N–H and O–H groups in total. The molecule has 6 nitrogen and oxygen atoms in total. The number of rotatable bonds is 3. The number of H-pyrrole nitrogens is 2. The van der Waals surface area contributed by atoms with Crippen LogP contribution in [0, 0.1) is 0 Å². The molecule has 0 fully saturated rings. The van der Waals surface area contributed by atoms with Crippen molar-refractivity contribution in [2.75, 3.05) is 0 Å². The monoisotopic (exact) mass is 458 g/mol. The number of imidazole rings is 2. The molecule has 0 bridgehead atoms. The van der Waals surface area contributed by atoms with E-state index in [0.29, 0.717) is 17.0 Å². The van der Waals surface area contributed by atoms with Gasteiger partial charge in [0, 0.05) is 40.4 Å². The van der Waals surface area contributed by atoms with Crippen LogP contribution in [0.5, 0.6) is 0 Å². The fraction of sp³-hybridized carbons (Fsp3) is 0. The maximum Gasteiger partial charge on any atom is 0.252 e. The van der Waals surface area contributed by atoms with Crippen molar-refractivity contribution in [3.05, 3.63) is 107 Å². The number of aromatic nitrogens is 4. The van der Waals surface area contributed by atoms with Crippen molar-refractivity contribution < 1.29 is 9.59 Å². The third kappa shape index (κ3) is 7.30. The lowest BCUT2D eigenvalue weighted by Gasteiger charge is -1.97. The van der Waals surface area contributed by atoms with Gasteiger partial charge in [-0.05, 0) is 23.7 Å². The maximum absolute atomic E-state index is 11.7. The van der Waals surface area contributed by atoms with Gasteiger partial charge in [-0.15, -0.1) is 0 Å². The summed E-state index contributed by atoms with van der Waals surface area (Å²) in [6.07, 6.45) is 8.27. The normalized spacial score (nSPS) is 9.36. The molecule has 0 aliphatic carbocycles. The van der Waals surface area contributed by atoms with Crippen LogP contribution in [0.4, 0.5) is 0 Å². The van der Waals surface area contributed by atoms with E-state index in [0.717, 1.165) is 4.47 Å². The summed E-state index contributed by atoms with van der Waals surface area (Å²) in [5.74, 6) is 0.263. The molecule has 0 unspecified atom stereocenters. The first-order chi connectivity index (χ1) is 13.6. The number of aromatic amines is 2. The van der Waals surface area contributed by atoms with Crippen LogP contribution in [0.15, 0.2) is 90.2 Å². The van der Waals surface area contributed by atoms with E-state index in [1.54, 1.807) is 67.5 Å². The van der Waals surface area contributed by atoms with Crippen LogP contribution in [-0.2, 0) is 0 Å². The number of benzene rings is 2. The third-order valence-corrected chi connectivity index (χ3v) is 3.92. The van der Waals surface area contributed by atoms with Gasteiger partial charge in [0.05, 0.1) is 6.33 Å². The first kappa shape index (κ1) is 21.3.